The highest BCUT2D eigenvalue weighted by atomic mass is 32.2. The largest absolute Gasteiger partial charge is 0.326 e. The highest BCUT2D eigenvalue weighted by Gasteiger charge is 2.29. The maximum absolute atomic E-state index is 11.8. The summed E-state index contributed by atoms with van der Waals surface area (Å²) in [6.07, 6.45) is 1.03. The number of rotatable bonds is 6. The monoisotopic (exact) mass is 263 g/mol. The van der Waals surface area contributed by atoms with Crippen molar-refractivity contribution in [2.24, 2.45) is 5.73 Å². The van der Waals surface area contributed by atoms with E-state index in [0.717, 1.165) is 0 Å². The number of hydrogen-bond acceptors (Lipinski definition) is 4. The van der Waals surface area contributed by atoms with Gasteiger partial charge in [-0.15, -0.1) is 0 Å². The molecule has 102 valence electrons. The van der Waals surface area contributed by atoms with Gasteiger partial charge in [0.25, 0.3) is 0 Å². The Hall–Kier alpha value is -0.420. The SMILES string of the molecule is CC(C)(N)CCC(=O)CCS(=O)(=O)C(C)(C)C. The molecule has 0 rings (SSSR count). The maximum Gasteiger partial charge on any atom is 0.155 e. The fourth-order valence-electron chi connectivity index (χ4n) is 1.14. The Morgan fingerprint density at radius 2 is 1.53 bits per heavy atom. The van der Waals surface area contributed by atoms with Crippen LogP contribution < -0.4 is 5.73 Å². The van der Waals surface area contributed by atoms with Crippen LogP contribution in [0.15, 0.2) is 0 Å². The predicted octanol–water partition coefficient (Wildman–Crippen LogP) is 1.68. The summed E-state index contributed by atoms with van der Waals surface area (Å²) >= 11 is 0. The van der Waals surface area contributed by atoms with Gasteiger partial charge in [0.05, 0.1) is 10.5 Å². The molecule has 0 fully saturated rings. The van der Waals surface area contributed by atoms with Crippen molar-refractivity contribution < 1.29 is 13.2 Å². The fourth-order valence-corrected chi connectivity index (χ4v) is 2.25. The van der Waals surface area contributed by atoms with Crippen molar-refractivity contribution in [3.05, 3.63) is 0 Å². The van der Waals surface area contributed by atoms with E-state index in [9.17, 15) is 13.2 Å². The van der Waals surface area contributed by atoms with Gasteiger partial charge in [0, 0.05) is 18.4 Å². The summed E-state index contributed by atoms with van der Waals surface area (Å²) in [5.74, 6) is -0.100. The van der Waals surface area contributed by atoms with E-state index in [2.05, 4.69) is 0 Å². The molecule has 5 heteroatoms. The van der Waals surface area contributed by atoms with Crippen molar-refractivity contribution in [2.45, 2.75) is 64.2 Å². The molecule has 0 bridgehead atoms. The van der Waals surface area contributed by atoms with E-state index in [4.69, 9.17) is 5.73 Å². The van der Waals surface area contributed by atoms with E-state index < -0.39 is 14.6 Å². The standard InChI is InChI=1S/C12H25NO3S/c1-11(2,3)17(15,16)9-7-10(14)6-8-12(4,5)13/h6-9,13H2,1-5H3. The van der Waals surface area contributed by atoms with Crippen LogP contribution in [0, 0.1) is 0 Å². The maximum atomic E-state index is 11.8. The molecule has 0 aromatic heterocycles. The Kier molecular flexibility index (Phi) is 5.35. The van der Waals surface area contributed by atoms with Gasteiger partial charge >= 0.3 is 0 Å². The summed E-state index contributed by atoms with van der Waals surface area (Å²) < 4.78 is 22.8. The van der Waals surface area contributed by atoms with Crippen LogP contribution in [-0.2, 0) is 14.6 Å². The number of carbonyl (C=O) groups is 1. The summed E-state index contributed by atoms with van der Waals surface area (Å²) in [5, 5.41) is 0. The molecule has 0 aliphatic carbocycles. The van der Waals surface area contributed by atoms with E-state index in [1.807, 2.05) is 13.8 Å². The zero-order valence-corrected chi connectivity index (χ0v) is 12.4. The van der Waals surface area contributed by atoms with Gasteiger partial charge < -0.3 is 5.73 Å². The van der Waals surface area contributed by atoms with E-state index in [0.29, 0.717) is 12.8 Å². The van der Waals surface area contributed by atoms with Crippen molar-refractivity contribution in [1.82, 2.24) is 0 Å². The van der Waals surface area contributed by atoms with Gasteiger partial charge in [0.15, 0.2) is 9.84 Å². The first-order valence-corrected chi connectivity index (χ1v) is 7.53. The van der Waals surface area contributed by atoms with E-state index >= 15 is 0 Å². The van der Waals surface area contributed by atoms with Crippen LogP contribution in [0.1, 0.15) is 53.9 Å². The number of nitrogens with two attached hydrogens (primary N) is 1. The number of carbonyl (C=O) groups excluding carboxylic acids is 1. The molecule has 0 aliphatic heterocycles. The molecule has 2 N–H and O–H groups in total. The number of hydrogen-bond donors (Lipinski definition) is 1. The molecule has 0 saturated heterocycles. The molecule has 0 aromatic carbocycles. The average Bonchev–Trinajstić information content (AvgIpc) is 2.08. The Labute approximate surface area is 105 Å². The molecule has 0 aromatic rings. The highest BCUT2D eigenvalue weighted by Crippen LogP contribution is 2.17. The molecular weight excluding hydrogens is 238 g/mol. The summed E-state index contributed by atoms with van der Waals surface area (Å²) in [4.78, 5) is 11.5. The van der Waals surface area contributed by atoms with Crippen LogP contribution in [-0.4, -0.2) is 30.2 Å². The minimum atomic E-state index is -3.20. The third-order valence-corrected chi connectivity index (χ3v) is 5.24. The number of sulfone groups is 1. The number of Topliss-reactive ketones (excluding diaryl/α,β-unsaturated/α-hetero) is 1. The van der Waals surface area contributed by atoms with Crippen molar-refractivity contribution in [1.29, 1.82) is 0 Å². The molecule has 0 unspecified atom stereocenters. The van der Waals surface area contributed by atoms with Gasteiger partial charge in [-0.2, -0.15) is 0 Å². The Balaban J connectivity index is 4.19. The molecule has 0 atom stereocenters. The molecule has 0 saturated carbocycles. The zero-order chi connectivity index (χ0) is 13.9. The summed E-state index contributed by atoms with van der Waals surface area (Å²) in [7, 11) is -3.20. The zero-order valence-electron chi connectivity index (χ0n) is 11.5. The minimum absolute atomic E-state index is 0.0312. The second kappa shape index (κ2) is 5.48. The molecule has 0 heterocycles. The second-order valence-corrected chi connectivity index (χ2v) is 9.07. The van der Waals surface area contributed by atoms with Crippen molar-refractivity contribution in [3.63, 3.8) is 0 Å². The van der Waals surface area contributed by atoms with Gasteiger partial charge in [-0.1, -0.05) is 0 Å². The van der Waals surface area contributed by atoms with Gasteiger partial charge in [0.2, 0.25) is 0 Å². The van der Waals surface area contributed by atoms with E-state index in [1.54, 1.807) is 20.8 Å². The van der Waals surface area contributed by atoms with Crippen LogP contribution in [0.5, 0.6) is 0 Å². The molecule has 4 nitrogen and oxygen atoms in total. The molecule has 0 amide bonds. The molecule has 0 radical (unpaired) electrons. The van der Waals surface area contributed by atoms with Crippen LogP contribution in [0.25, 0.3) is 0 Å². The molecule has 17 heavy (non-hydrogen) atoms. The predicted molar refractivity (Wildman–Crippen MR) is 70.7 cm³/mol. The summed E-state index contributed by atoms with van der Waals surface area (Å²) in [6, 6.07) is 0. The van der Waals surface area contributed by atoms with Crippen molar-refractivity contribution >= 4 is 15.6 Å². The highest BCUT2D eigenvalue weighted by molar-refractivity contribution is 7.92. The van der Waals surface area contributed by atoms with Crippen molar-refractivity contribution in [3.8, 4) is 0 Å². The van der Waals surface area contributed by atoms with Crippen molar-refractivity contribution in [2.75, 3.05) is 5.75 Å². The average molecular weight is 263 g/mol. The van der Waals surface area contributed by atoms with Gasteiger partial charge in [0.1, 0.15) is 5.78 Å². The molecule has 0 aliphatic rings. The smallest absolute Gasteiger partial charge is 0.155 e. The van der Waals surface area contributed by atoms with E-state index in [1.165, 1.54) is 0 Å². The first-order chi connectivity index (χ1) is 7.35. The lowest BCUT2D eigenvalue weighted by atomic mass is 9.98. The van der Waals surface area contributed by atoms with E-state index in [-0.39, 0.29) is 23.5 Å². The third-order valence-electron chi connectivity index (χ3n) is 2.63. The lowest BCUT2D eigenvalue weighted by Crippen LogP contribution is -2.33. The quantitative estimate of drug-likeness (QED) is 0.791. The lowest BCUT2D eigenvalue weighted by Gasteiger charge is -2.19. The molecule has 0 spiro atoms. The van der Waals surface area contributed by atoms with Crippen LogP contribution >= 0.6 is 0 Å². The summed E-state index contributed by atoms with van der Waals surface area (Å²) in [6.45, 7) is 8.65. The van der Waals surface area contributed by atoms with Crippen LogP contribution in [0.3, 0.4) is 0 Å². The number of ketones is 1. The normalized spacial score (nSPS) is 13.8. The molecular formula is C12H25NO3S. The van der Waals surface area contributed by atoms with Crippen LogP contribution in [0.4, 0.5) is 0 Å². The first kappa shape index (κ1) is 16.6. The van der Waals surface area contributed by atoms with Gasteiger partial charge in [-0.3, -0.25) is 4.79 Å². The lowest BCUT2D eigenvalue weighted by molar-refractivity contribution is -0.119. The fraction of sp³-hybridized carbons (Fsp3) is 0.917. The topological polar surface area (TPSA) is 77.2 Å². The second-order valence-electron chi connectivity index (χ2n) is 6.21. The van der Waals surface area contributed by atoms with Gasteiger partial charge in [-0.05, 0) is 41.0 Å². The first-order valence-electron chi connectivity index (χ1n) is 5.88. The van der Waals surface area contributed by atoms with Crippen LogP contribution in [0.2, 0.25) is 0 Å². The third kappa shape index (κ3) is 6.78. The van der Waals surface area contributed by atoms with Gasteiger partial charge in [-0.25, -0.2) is 8.42 Å². The Morgan fingerprint density at radius 3 is 1.88 bits per heavy atom. The minimum Gasteiger partial charge on any atom is -0.326 e. The Morgan fingerprint density at radius 1 is 1.06 bits per heavy atom. The summed E-state index contributed by atoms with van der Waals surface area (Å²) in [5.41, 5.74) is 5.39. The Bertz CT molecular complexity index is 358.